The van der Waals surface area contributed by atoms with Crippen LogP contribution in [0.1, 0.15) is 32.6 Å². The molecule has 1 fully saturated rings. The van der Waals surface area contributed by atoms with Crippen molar-refractivity contribution in [2.24, 2.45) is 5.92 Å². The number of anilines is 1. The number of carboxylic acid groups (broad SMARTS) is 2. The van der Waals surface area contributed by atoms with E-state index >= 15 is 0 Å². The maximum absolute atomic E-state index is 12.1. The van der Waals surface area contributed by atoms with Crippen molar-refractivity contribution in [3.05, 3.63) is 30.3 Å². The lowest BCUT2D eigenvalue weighted by Crippen LogP contribution is -2.35. The lowest BCUT2D eigenvalue weighted by atomic mass is 10.0. The summed E-state index contributed by atoms with van der Waals surface area (Å²) in [6.45, 7) is 2.05. The van der Waals surface area contributed by atoms with Gasteiger partial charge in [0, 0.05) is 0 Å². The molecule has 3 N–H and O–H groups in total. The van der Waals surface area contributed by atoms with Gasteiger partial charge in [0.2, 0.25) is 0 Å². The van der Waals surface area contributed by atoms with E-state index in [1.54, 1.807) is 12.1 Å². The van der Waals surface area contributed by atoms with Crippen molar-refractivity contribution < 1.29 is 29.4 Å². The molecule has 0 spiro atoms. The molecule has 24 heavy (non-hydrogen) atoms. The summed E-state index contributed by atoms with van der Waals surface area (Å²) < 4.78 is 0. The predicted octanol–water partition coefficient (Wildman–Crippen LogP) is 1.42. The van der Waals surface area contributed by atoms with Crippen LogP contribution in [0.15, 0.2) is 30.3 Å². The zero-order chi connectivity index (χ0) is 18.1. The van der Waals surface area contributed by atoms with Crippen molar-refractivity contribution in [2.75, 3.05) is 5.01 Å². The number of carboxylic acids is 2. The van der Waals surface area contributed by atoms with Crippen LogP contribution in [0.4, 0.5) is 5.69 Å². The summed E-state index contributed by atoms with van der Waals surface area (Å²) in [4.78, 5) is 42.6. The molecule has 1 saturated heterocycles. The summed E-state index contributed by atoms with van der Waals surface area (Å²) in [6, 6.07) is 9.17. The molecule has 0 aromatic heterocycles. The van der Waals surface area contributed by atoms with Gasteiger partial charge in [-0.15, -0.1) is 0 Å². The van der Waals surface area contributed by atoms with Crippen LogP contribution >= 0.6 is 0 Å². The third-order valence-corrected chi connectivity index (χ3v) is 3.22. The second-order valence-electron chi connectivity index (χ2n) is 5.14. The van der Waals surface area contributed by atoms with Crippen molar-refractivity contribution >= 4 is 29.4 Å². The SMILES string of the molecule is CCCCC1C(=O)NN(c2ccccc2)C1=O.O=C(O)CC(=O)O. The highest BCUT2D eigenvalue weighted by Gasteiger charge is 2.39. The van der Waals surface area contributed by atoms with Crippen LogP contribution < -0.4 is 10.4 Å². The summed E-state index contributed by atoms with van der Waals surface area (Å²) >= 11 is 0. The topological polar surface area (TPSA) is 124 Å². The maximum atomic E-state index is 12.1. The molecule has 0 aliphatic carbocycles. The second-order valence-corrected chi connectivity index (χ2v) is 5.14. The number of carbonyl (C=O) groups is 4. The minimum atomic E-state index is -1.31. The Labute approximate surface area is 139 Å². The largest absolute Gasteiger partial charge is 0.481 e. The number of hydrogen-bond donors (Lipinski definition) is 3. The van der Waals surface area contributed by atoms with Crippen LogP contribution in [-0.4, -0.2) is 34.0 Å². The van der Waals surface area contributed by atoms with E-state index in [1.807, 2.05) is 25.1 Å². The second kappa shape index (κ2) is 9.29. The number of amides is 2. The number of aliphatic carboxylic acids is 2. The van der Waals surface area contributed by atoms with Crippen molar-refractivity contribution in [3.8, 4) is 0 Å². The molecule has 1 aliphatic heterocycles. The fraction of sp³-hybridized carbons (Fsp3) is 0.375. The molecule has 1 atom stereocenters. The molecular formula is C16H20N2O6. The lowest BCUT2D eigenvalue weighted by Gasteiger charge is -2.14. The zero-order valence-electron chi connectivity index (χ0n) is 13.3. The average Bonchev–Trinajstić information content (AvgIpc) is 2.80. The Hall–Kier alpha value is -2.90. The minimum absolute atomic E-state index is 0.144. The summed E-state index contributed by atoms with van der Waals surface area (Å²) in [5, 5.41) is 16.8. The monoisotopic (exact) mass is 336 g/mol. The first-order valence-electron chi connectivity index (χ1n) is 7.50. The molecule has 0 radical (unpaired) electrons. The van der Waals surface area contributed by atoms with E-state index in [4.69, 9.17) is 10.2 Å². The number of carbonyl (C=O) groups excluding carboxylic acids is 2. The predicted molar refractivity (Wildman–Crippen MR) is 85.0 cm³/mol. The third-order valence-electron chi connectivity index (χ3n) is 3.22. The van der Waals surface area contributed by atoms with E-state index in [0.29, 0.717) is 12.1 Å². The first-order valence-corrected chi connectivity index (χ1v) is 7.50. The smallest absolute Gasteiger partial charge is 0.314 e. The normalized spacial score (nSPS) is 16.2. The summed E-state index contributed by atoms with van der Waals surface area (Å²) in [5.74, 6) is -3.47. The van der Waals surface area contributed by atoms with Gasteiger partial charge in [0.15, 0.2) is 0 Å². The lowest BCUT2D eigenvalue weighted by molar-refractivity contribution is -0.147. The van der Waals surface area contributed by atoms with Gasteiger partial charge in [0.25, 0.3) is 11.8 Å². The van der Waals surface area contributed by atoms with Crippen LogP contribution in [0.25, 0.3) is 0 Å². The molecular weight excluding hydrogens is 316 g/mol. The van der Waals surface area contributed by atoms with E-state index in [-0.39, 0.29) is 11.8 Å². The molecule has 1 aromatic rings. The van der Waals surface area contributed by atoms with Crippen LogP contribution in [0.5, 0.6) is 0 Å². The zero-order valence-corrected chi connectivity index (χ0v) is 13.3. The van der Waals surface area contributed by atoms with Crippen molar-refractivity contribution in [2.45, 2.75) is 32.6 Å². The van der Waals surface area contributed by atoms with Gasteiger partial charge in [-0.2, -0.15) is 0 Å². The van der Waals surface area contributed by atoms with Crippen LogP contribution in [-0.2, 0) is 19.2 Å². The molecule has 8 nitrogen and oxygen atoms in total. The fourth-order valence-corrected chi connectivity index (χ4v) is 2.07. The molecule has 2 rings (SSSR count). The van der Waals surface area contributed by atoms with Crippen LogP contribution in [0.2, 0.25) is 0 Å². The first-order chi connectivity index (χ1) is 11.4. The van der Waals surface area contributed by atoms with Gasteiger partial charge in [-0.1, -0.05) is 38.0 Å². The van der Waals surface area contributed by atoms with Crippen molar-refractivity contribution in [1.82, 2.24) is 5.43 Å². The first kappa shape index (κ1) is 19.1. The van der Waals surface area contributed by atoms with Gasteiger partial charge >= 0.3 is 11.9 Å². The van der Waals surface area contributed by atoms with Gasteiger partial charge in [0.1, 0.15) is 12.3 Å². The highest BCUT2D eigenvalue weighted by atomic mass is 16.4. The molecule has 8 heteroatoms. The highest BCUT2D eigenvalue weighted by molar-refractivity contribution is 6.14. The van der Waals surface area contributed by atoms with Crippen molar-refractivity contribution in [1.29, 1.82) is 0 Å². The van der Waals surface area contributed by atoms with Gasteiger partial charge < -0.3 is 10.2 Å². The van der Waals surface area contributed by atoms with Gasteiger partial charge in [-0.25, -0.2) is 5.01 Å². The number of hydrazine groups is 1. The number of benzene rings is 1. The Morgan fingerprint density at radius 3 is 2.17 bits per heavy atom. The number of unbranched alkanes of at least 4 members (excludes halogenated alkanes) is 1. The van der Waals surface area contributed by atoms with E-state index in [2.05, 4.69) is 5.43 Å². The van der Waals surface area contributed by atoms with Gasteiger partial charge in [-0.05, 0) is 18.6 Å². The number of rotatable bonds is 6. The molecule has 0 bridgehead atoms. The maximum Gasteiger partial charge on any atom is 0.314 e. The molecule has 2 amide bonds. The van der Waals surface area contributed by atoms with E-state index in [9.17, 15) is 19.2 Å². The highest BCUT2D eigenvalue weighted by Crippen LogP contribution is 2.22. The quantitative estimate of drug-likeness (QED) is 0.675. The summed E-state index contributed by atoms with van der Waals surface area (Å²) in [7, 11) is 0. The Balaban J connectivity index is 0.000000351. The molecule has 1 heterocycles. The number of nitrogens with zero attached hydrogens (tertiary/aromatic N) is 1. The third kappa shape index (κ3) is 5.71. The van der Waals surface area contributed by atoms with Crippen LogP contribution in [0, 0.1) is 5.92 Å². The molecule has 0 saturated carbocycles. The molecule has 1 aliphatic rings. The fourth-order valence-electron chi connectivity index (χ4n) is 2.07. The molecule has 130 valence electrons. The minimum Gasteiger partial charge on any atom is -0.481 e. The van der Waals surface area contributed by atoms with E-state index < -0.39 is 24.3 Å². The Morgan fingerprint density at radius 1 is 1.12 bits per heavy atom. The van der Waals surface area contributed by atoms with Crippen molar-refractivity contribution in [3.63, 3.8) is 0 Å². The Kier molecular flexibility index (Phi) is 7.41. The summed E-state index contributed by atoms with van der Waals surface area (Å²) in [5.41, 5.74) is 3.34. The van der Waals surface area contributed by atoms with E-state index in [0.717, 1.165) is 12.8 Å². The summed E-state index contributed by atoms with van der Waals surface area (Å²) in [6.07, 6.45) is 1.71. The Morgan fingerprint density at radius 2 is 1.71 bits per heavy atom. The Bertz CT molecular complexity index is 590. The standard InChI is InChI=1S/C13H16N2O2.C3H4O4/c1-2-3-9-11-12(16)14-15(13(11)17)10-7-5-4-6-8-10;4-2(5)1-3(6)7/h4-8,11H,2-3,9H2,1H3,(H,14,16);1H2,(H,4,5)(H,6,7). The van der Waals surface area contributed by atoms with Gasteiger partial charge in [0.05, 0.1) is 5.69 Å². The van der Waals surface area contributed by atoms with Gasteiger partial charge in [-0.3, -0.25) is 24.6 Å². The molecule has 1 aromatic carbocycles. The number of para-hydroxylation sites is 1. The van der Waals surface area contributed by atoms with Crippen LogP contribution in [0.3, 0.4) is 0 Å². The number of nitrogens with one attached hydrogen (secondary N) is 1. The number of hydrogen-bond acceptors (Lipinski definition) is 4. The van der Waals surface area contributed by atoms with E-state index in [1.165, 1.54) is 5.01 Å². The average molecular weight is 336 g/mol. The molecule has 1 unspecified atom stereocenters.